The smallest absolute Gasteiger partial charge is 0.0298 e. The Morgan fingerprint density at radius 3 is 2.11 bits per heavy atom. The first-order valence-electron chi connectivity index (χ1n) is 3.57. The number of fused-ring (bicyclic) bond motifs is 1. The normalized spacial score (nSPS) is 54.9. The number of alkyl halides is 1. The zero-order valence-corrected chi connectivity index (χ0v) is 7.19. The molecule has 1 unspecified atom stereocenters. The van der Waals surface area contributed by atoms with Gasteiger partial charge in [-0.25, -0.2) is 0 Å². The van der Waals surface area contributed by atoms with Gasteiger partial charge in [0.2, 0.25) is 0 Å². The van der Waals surface area contributed by atoms with Crippen molar-refractivity contribution in [1.29, 1.82) is 0 Å². The van der Waals surface area contributed by atoms with E-state index in [4.69, 9.17) is 0 Å². The molecule has 2 aliphatic rings. The summed E-state index contributed by atoms with van der Waals surface area (Å²) >= 11 is 3.74. The largest absolute Gasteiger partial charge is 0.0882 e. The third-order valence-electron chi connectivity index (χ3n) is 2.77. The molecule has 0 amide bonds. The molecular formula is C8H11Br. The second-order valence-corrected chi connectivity index (χ2v) is 5.02. The molecule has 0 spiro atoms. The third kappa shape index (κ3) is 0.706. The molecule has 1 heteroatoms. The van der Waals surface area contributed by atoms with Gasteiger partial charge in [-0.1, -0.05) is 28.1 Å². The van der Waals surface area contributed by atoms with Gasteiger partial charge in [-0.15, -0.1) is 0 Å². The molecule has 0 aliphatic heterocycles. The van der Waals surface area contributed by atoms with Crippen molar-refractivity contribution in [2.75, 3.05) is 0 Å². The third-order valence-corrected chi connectivity index (χ3v) is 3.95. The van der Waals surface area contributed by atoms with E-state index in [1.54, 1.807) is 0 Å². The van der Waals surface area contributed by atoms with Gasteiger partial charge in [-0.05, 0) is 31.6 Å². The van der Waals surface area contributed by atoms with E-state index in [1.165, 1.54) is 12.8 Å². The Morgan fingerprint density at radius 2 is 1.78 bits per heavy atom. The molecule has 0 radical (unpaired) electrons. The van der Waals surface area contributed by atoms with E-state index in [0.717, 1.165) is 11.8 Å². The van der Waals surface area contributed by atoms with Crippen LogP contribution >= 0.6 is 15.9 Å². The molecule has 0 aromatic carbocycles. The number of allylic oxidation sites excluding steroid dienone is 2. The molecule has 0 nitrogen and oxygen atoms in total. The van der Waals surface area contributed by atoms with E-state index in [-0.39, 0.29) is 0 Å². The van der Waals surface area contributed by atoms with Crippen LogP contribution in [0.2, 0.25) is 0 Å². The molecule has 0 bridgehead atoms. The maximum atomic E-state index is 3.74. The maximum absolute atomic E-state index is 3.74. The van der Waals surface area contributed by atoms with Crippen LogP contribution in [0.1, 0.15) is 19.8 Å². The van der Waals surface area contributed by atoms with Gasteiger partial charge in [-0.3, -0.25) is 0 Å². The predicted octanol–water partition coefficient (Wildman–Crippen LogP) is 2.74. The highest BCUT2D eigenvalue weighted by atomic mass is 79.9. The van der Waals surface area contributed by atoms with Crippen molar-refractivity contribution in [3.63, 3.8) is 0 Å². The summed E-state index contributed by atoms with van der Waals surface area (Å²) in [6.07, 6.45) is 7.22. The Kier molecular flexibility index (Phi) is 1.08. The van der Waals surface area contributed by atoms with Gasteiger partial charge in [0.25, 0.3) is 0 Å². The fourth-order valence-corrected chi connectivity index (χ4v) is 2.81. The van der Waals surface area contributed by atoms with E-state index >= 15 is 0 Å². The summed E-state index contributed by atoms with van der Waals surface area (Å²) in [5.41, 5.74) is 0. The van der Waals surface area contributed by atoms with Crippen LogP contribution in [0.15, 0.2) is 12.2 Å². The van der Waals surface area contributed by atoms with E-state index in [0.29, 0.717) is 4.32 Å². The predicted molar refractivity (Wildman–Crippen MR) is 42.7 cm³/mol. The van der Waals surface area contributed by atoms with Gasteiger partial charge in [0.1, 0.15) is 0 Å². The highest BCUT2D eigenvalue weighted by molar-refractivity contribution is 9.10. The van der Waals surface area contributed by atoms with Crippen molar-refractivity contribution in [1.82, 2.24) is 0 Å². The van der Waals surface area contributed by atoms with E-state index in [9.17, 15) is 0 Å². The van der Waals surface area contributed by atoms with Gasteiger partial charge >= 0.3 is 0 Å². The monoisotopic (exact) mass is 186 g/mol. The summed E-state index contributed by atoms with van der Waals surface area (Å²) in [4.78, 5) is 0. The summed E-state index contributed by atoms with van der Waals surface area (Å²) in [5, 5.41) is 0. The van der Waals surface area contributed by atoms with Crippen molar-refractivity contribution in [3.8, 4) is 0 Å². The van der Waals surface area contributed by atoms with Gasteiger partial charge < -0.3 is 0 Å². The van der Waals surface area contributed by atoms with Crippen LogP contribution in [-0.4, -0.2) is 4.32 Å². The van der Waals surface area contributed by atoms with Crippen molar-refractivity contribution < 1.29 is 0 Å². The van der Waals surface area contributed by atoms with E-state index in [1.807, 2.05) is 0 Å². The molecule has 0 heterocycles. The lowest BCUT2D eigenvalue weighted by atomic mass is 10.1. The highest BCUT2D eigenvalue weighted by Gasteiger charge is 2.58. The van der Waals surface area contributed by atoms with Gasteiger partial charge in [0.05, 0.1) is 0 Å². The zero-order chi connectivity index (χ0) is 6.48. The molecule has 0 N–H and O–H groups in total. The second kappa shape index (κ2) is 1.63. The summed E-state index contributed by atoms with van der Waals surface area (Å²) < 4.78 is 0.497. The lowest BCUT2D eigenvalue weighted by Gasteiger charge is -1.96. The van der Waals surface area contributed by atoms with Crippen LogP contribution in [0.4, 0.5) is 0 Å². The molecular weight excluding hydrogens is 176 g/mol. The molecule has 1 fully saturated rings. The van der Waals surface area contributed by atoms with E-state index < -0.39 is 0 Å². The SMILES string of the molecule is CC1(Br)[C@@H]2CC=CC[C@@H]21. The first kappa shape index (κ1) is 5.96. The molecule has 2 aliphatic carbocycles. The Labute approximate surface area is 64.5 Å². The maximum Gasteiger partial charge on any atom is 0.0298 e. The first-order valence-corrected chi connectivity index (χ1v) is 4.36. The molecule has 0 saturated heterocycles. The van der Waals surface area contributed by atoms with Crippen molar-refractivity contribution in [2.45, 2.75) is 24.1 Å². The lowest BCUT2D eigenvalue weighted by molar-refractivity contribution is 0.689. The minimum Gasteiger partial charge on any atom is -0.0882 e. The second-order valence-electron chi connectivity index (χ2n) is 3.31. The van der Waals surface area contributed by atoms with Crippen LogP contribution < -0.4 is 0 Å². The van der Waals surface area contributed by atoms with Gasteiger partial charge in [-0.2, -0.15) is 0 Å². The summed E-state index contributed by atoms with van der Waals surface area (Å²) in [6.45, 7) is 2.31. The van der Waals surface area contributed by atoms with Crippen LogP contribution in [-0.2, 0) is 0 Å². The number of rotatable bonds is 0. The number of hydrogen-bond donors (Lipinski definition) is 0. The average molecular weight is 187 g/mol. The highest BCUT2D eigenvalue weighted by Crippen LogP contribution is 2.62. The average Bonchev–Trinajstić information content (AvgIpc) is 2.39. The topological polar surface area (TPSA) is 0 Å². The minimum absolute atomic E-state index is 0.497. The van der Waals surface area contributed by atoms with Crippen LogP contribution in [0.25, 0.3) is 0 Å². The van der Waals surface area contributed by atoms with E-state index in [2.05, 4.69) is 35.0 Å². The molecule has 3 atom stereocenters. The summed E-state index contributed by atoms with van der Waals surface area (Å²) in [6, 6.07) is 0. The zero-order valence-electron chi connectivity index (χ0n) is 5.60. The van der Waals surface area contributed by atoms with Crippen LogP contribution in [0.3, 0.4) is 0 Å². The molecule has 0 aromatic rings. The molecule has 2 rings (SSSR count). The molecule has 0 aromatic heterocycles. The van der Waals surface area contributed by atoms with Crippen molar-refractivity contribution in [2.24, 2.45) is 11.8 Å². The quantitative estimate of drug-likeness (QED) is 0.404. The lowest BCUT2D eigenvalue weighted by Crippen LogP contribution is -1.91. The summed E-state index contributed by atoms with van der Waals surface area (Å²) in [5.74, 6) is 1.89. The van der Waals surface area contributed by atoms with Crippen molar-refractivity contribution >= 4 is 15.9 Å². The fourth-order valence-electron chi connectivity index (χ4n) is 1.93. The van der Waals surface area contributed by atoms with Gasteiger partial charge in [0.15, 0.2) is 0 Å². The number of halogens is 1. The minimum atomic E-state index is 0.497. The van der Waals surface area contributed by atoms with Crippen molar-refractivity contribution in [3.05, 3.63) is 12.2 Å². The Bertz CT molecular complexity index is 142. The molecule has 50 valence electrons. The standard InChI is InChI=1S/C8H11Br/c1-8(9)6-4-2-3-5-7(6)8/h2-3,6-7H,4-5H2,1H3/t6-,7+,8?. The molecule has 1 saturated carbocycles. The van der Waals surface area contributed by atoms with Crippen LogP contribution in [0.5, 0.6) is 0 Å². The Hall–Kier alpha value is 0.220. The molecule has 9 heavy (non-hydrogen) atoms. The Balaban J connectivity index is 2.14. The first-order chi connectivity index (χ1) is 4.23. The Morgan fingerprint density at radius 1 is 1.33 bits per heavy atom. The number of hydrogen-bond acceptors (Lipinski definition) is 0. The van der Waals surface area contributed by atoms with Crippen LogP contribution in [0, 0.1) is 11.8 Å². The fraction of sp³-hybridized carbons (Fsp3) is 0.750. The summed E-state index contributed by atoms with van der Waals surface area (Å²) in [7, 11) is 0. The van der Waals surface area contributed by atoms with Gasteiger partial charge in [0, 0.05) is 4.32 Å².